The number of ether oxygens (including phenoxy) is 1. The van der Waals surface area contributed by atoms with E-state index in [1.165, 1.54) is 0 Å². The van der Waals surface area contributed by atoms with E-state index < -0.39 is 0 Å². The van der Waals surface area contributed by atoms with Gasteiger partial charge < -0.3 is 14.5 Å². The van der Waals surface area contributed by atoms with Crippen molar-refractivity contribution in [1.29, 1.82) is 0 Å². The molecule has 7 nitrogen and oxygen atoms in total. The van der Waals surface area contributed by atoms with Gasteiger partial charge in [0.05, 0.1) is 13.3 Å². The lowest BCUT2D eigenvalue weighted by Crippen LogP contribution is -2.49. The minimum Gasteiger partial charge on any atom is -0.495 e. The molecule has 25 heavy (non-hydrogen) atoms. The van der Waals surface area contributed by atoms with Crippen molar-refractivity contribution in [2.45, 2.75) is 31.3 Å². The standard InChI is InChI=1S/C18H23N5O2/c1-3-4-8-18(20-21-18)9-7-17(24)23-12-10-22(11-13-23)16-6-5-15(25-2)14-19-16/h1,5-6,14H,4,7-13H2,2H3. The molecule has 0 radical (unpaired) electrons. The summed E-state index contributed by atoms with van der Waals surface area (Å²) in [6, 6.07) is 3.85. The first-order valence-electron chi connectivity index (χ1n) is 8.56. The maximum atomic E-state index is 12.4. The Balaban J connectivity index is 1.44. The lowest BCUT2D eigenvalue weighted by atomic mass is 10.0. The highest BCUT2D eigenvalue weighted by molar-refractivity contribution is 5.76. The van der Waals surface area contributed by atoms with Crippen molar-refractivity contribution in [1.82, 2.24) is 9.88 Å². The fraction of sp³-hybridized carbons (Fsp3) is 0.556. The third-order valence-electron chi connectivity index (χ3n) is 4.70. The van der Waals surface area contributed by atoms with Gasteiger partial charge in [-0.05, 0) is 12.1 Å². The van der Waals surface area contributed by atoms with E-state index in [0.717, 1.165) is 31.1 Å². The van der Waals surface area contributed by atoms with Crippen LogP contribution in [0.5, 0.6) is 5.75 Å². The van der Waals surface area contributed by atoms with Crippen LogP contribution in [0, 0.1) is 12.3 Å². The average Bonchev–Trinajstić information content (AvgIpc) is 3.45. The Morgan fingerprint density at radius 2 is 2.04 bits per heavy atom. The van der Waals surface area contributed by atoms with Gasteiger partial charge in [-0.15, -0.1) is 12.3 Å². The molecule has 3 heterocycles. The minimum absolute atomic E-state index is 0.166. The first kappa shape index (κ1) is 17.2. The van der Waals surface area contributed by atoms with Gasteiger partial charge in [-0.2, -0.15) is 10.2 Å². The quantitative estimate of drug-likeness (QED) is 0.712. The van der Waals surface area contributed by atoms with Gasteiger partial charge in [-0.3, -0.25) is 4.79 Å². The predicted molar refractivity (Wildman–Crippen MR) is 94.5 cm³/mol. The first-order chi connectivity index (χ1) is 12.2. The molecule has 0 bridgehead atoms. The zero-order chi connectivity index (χ0) is 17.7. The molecule has 1 aromatic rings. The summed E-state index contributed by atoms with van der Waals surface area (Å²) in [4.78, 5) is 20.9. The Morgan fingerprint density at radius 3 is 2.60 bits per heavy atom. The van der Waals surface area contributed by atoms with E-state index in [4.69, 9.17) is 11.2 Å². The smallest absolute Gasteiger partial charge is 0.222 e. The third kappa shape index (κ3) is 4.27. The second-order valence-electron chi connectivity index (χ2n) is 6.31. The van der Waals surface area contributed by atoms with Crippen LogP contribution in [0.4, 0.5) is 5.82 Å². The molecule has 132 valence electrons. The van der Waals surface area contributed by atoms with Crippen molar-refractivity contribution in [3.63, 3.8) is 0 Å². The molecular weight excluding hydrogens is 318 g/mol. The van der Waals surface area contributed by atoms with Gasteiger partial charge in [0.2, 0.25) is 5.91 Å². The van der Waals surface area contributed by atoms with Crippen molar-refractivity contribution in [3.8, 4) is 18.1 Å². The van der Waals surface area contributed by atoms with E-state index in [9.17, 15) is 4.79 Å². The summed E-state index contributed by atoms with van der Waals surface area (Å²) in [5.41, 5.74) is -0.378. The summed E-state index contributed by atoms with van der Waals surface area (Å²) in [6.07, 6.45) is 9.52. The number of aromatic nitrogens is 1. The van der Waals surface area contributed by atoms with E-state index in [2.05, 4.69) is 26.0 Å². The molecule has 2 aliphatic rings. The van der Waals surface area contributed by atoms with E-state index in [1.54, 1.807) is 13.3 Å². The SMILES string of the molecule is C#CCCC1(CCC(=O)N2CCN(c3ccc(OC)cn3)CC2)N=N1. The highest BCUT2D eigenvalue weighted by Gasteiger charge is 2.39. The Bertz CT molecular complexity index is 666. The van der Waals surface area contributed by atoms with Crippen LogP contribution < -0.4 is 9.64 Å². The zero-order valence-electron chi connectivity index (χ0n) is 14.5. The highest BCUT2D eigenvalue weighted by Crippen LogP contribution is 2.37. The zero-order valence-corrected chi connectivity index (χ0v) is 14.5. The summed E-state index contributed by atoms with van der Waals surface area (Å²) in [5, 5.41) is 8.17. The Hall–Kier alpha value is -2.62. The number of carbonyl (C=O) groups excluding carboxylic acids is 1. The highest BCUT2D eigenvalue weighted by atomic mass is 16.5. The molecule has 0 saturated carbocycles. The van der Waals surface area contributed by atoms with Crippen LogP contribution in [-0.2, 0) is 4.79 Å². The maximum absolute atomic E-state index is 12.4. The van der Waals surface area contributed by atoms with Crippen molar-refractivity contribution < 1.29 is 9.53 Å². The number of hydrogen-bond acceptors (Lipinski definition) is 6. The second kappa shape index (κ2) is 7.51. The van der Waals surface area contributed by atoms with Gasteiger partial charge in [0.15, 0.2) is 5.66 Å². The number of nitrogens with zero attached hydrogens (tertiary/aromatic N) is 5. The molecule has 1 saturated heterocycles. The topological polar surface area (TPSA) is 70.4 Å². The number of rotatable bonds is 7. The molecule has 1 aromatic heterocycles. The number of piperazine rings is 1. The van der Waals surface area contributed by atoms with Crippen molar-refractivity contribution in [2.24, 2.45) is 10.2 Å². The lowest BCUT2D eigenvalue weighted by molar-refractivity contribution is -0.131. The molecular formula is C18H23N5O2. The van der Waals surface area contributed by atoms with Crippen LogP contribution in [0.25, 0.3) is 0 Å². The number of amides is 1. The van der Waals surface area contributed by atoms with Crippen LogP contribution in [0.2, 0.25) is 0 Å². The van der Waals surface area contributed by atoms with Gasteiger partial charge in [0, 0.05) is 51.9 Å². The van der Waals surface area contributed by atoms with Crippen LogP contribution in [0.1, 0.15) is 25.7 Å². The number of methoxy groups -OCH3 is 1. The monoisotopic (exact) mass is 341 g/mol. The summed E-state index contributed by atoms with van der Waals surface area (Å²) in [6.45, 7) is 2.97. The van der Waals surface area contributed by atoms with Crippen molar-refractivity contribution in [3.05, 3.63) is 18.3 Å². The lowest BCUT2D eigenvalue weighted by Gasteiger charge is -2.35. The Labute approximate surface area is 148 Å². The van der Waals surface area contributed by atoms with E-state index in [-0.39, 0.29) is 11.6 Å². The third-order valence-corrected chi connectivity index (χ3v) is 4.70. The maximum Gasteiger partial charge on any atom is 0.222 e. The van der Waals surface area contributed by atoms with Gasteiger partial charge in [-0.1, -0.05) is 0 Å². The molecule has 0 spiro atoms. The number of anilines is 1. The number of hydrogen-bond donors (Lipinski definition) is 0. The van der Waals surface area contributed by atoms with E-state index in [0.29, 0.717) is 32.4 Å². The van der Waals surface area contributed by atoms with E-state index in [1.807, 2.05) is 17.0 Å². The average molecular weight is 341 g/mol. The Morgan fingerprint density at radius 1 is 1.28 bits per heavy atom. The molecule has 1 fully saturated rings. The summed E-state index contributed by atoms with van der Waals surface area (Å²) < 4.78 is 5.13. The van der Waals surface area contributed by atoms with Gasteiger partial charge in [0.25, 0.3) is 0 Å². The number of carbonyl (C=O) groups is 1. The molecule has 0 aromatic carbocycles. The Kier molecular flexibility index (Phi) is 5.17. The van der Waals surface area contributed by atoms with E-state index >= 15 is 0 Å². The van der Waals surface area contributed by atoms with Gasteiger partial charge in [-0.25, -0.2) is 4.98 Å². The second-order valence-corrected chi connectivity index (χ2v) is 6.31. The van der Waals surface area contributed by atoms with Crippen LogP contribution in [0.3, 0.4) is 0 Å². The summed E-state index contributed by atoms with van der Waals surface area (Å²) in [5.74, 6) is 4.43. The first-order valence-corrected chi connectivity index (χ1v) is 8.56. The fourth-order valence-electron chi connectivity index (χ4n) is 3.00. The number of terminal acetylenes is 1. The molecule has 1 amide bonds. The molecule has 7 heteroatoms. The van der Waals surface area contributed by atoms with Crippen LogP contribution >= 0.6 is 0 Å². The molecule has 0 aliphatic carbocycles. The van der Waals surface area contributed by atoms with Crippen LogP contribution in [-0.4, -0.2) is 54.7 Å². The molecule has 0 unspecified atom stereocenters. The summed E-state index contributed by atoms with van der Waals surface area (Å²) in [7, 11) is 1.62. The van der Waals surface area contributed by atoms with Crippen LogP contribution in [0.15, 0.2) is 28.6 Å². The van der Waals surface area contributed by atoms with Gasteiger partial charge >= 0.3 is 0 Å². The summed E-state index contributed by atoms with van der Waals surface area (Å²) >= 11 is 0. The van der Waals surface area contributed by atoms with Crippen molar-refractivity contribution in [2.75, 3.05) is 38.2 Å². The predicted octanol–water partition coefficient (Wildman–Crippen LogP) is 2.09. The normalized spacial score (nSPS) is 17.9. The fourth-order valence-corrected chi connectivity index (χ4v) is 3.00. The molecule has 2 aliphatic heterocycles. The molecule has 0 N–H and O–H groups in total. The van der Waals surface area contributed by atoms with Crippen molar-refractivity contribution >= 4 is 11.7 Å². The minimum atomic E-state index is -0.378. The largest absolute Gasteiger partial charge is 0.495 e. The molecule has 0 atom stereocenters. The van der Waals surface area contributed by atoms with Gasteiger partial charge in [0.1, 0.15) is 11.6 Å². The number of pyridine rings is 1. The molecule has 3 rings (SSSR count).